The van der Waals surface area contributed by atoms with Crippen LogP contribution >= 0.6 is 11.3 Å². The molecule has 1 N–H and O–H groups in total. The monoisotopic (exact) mass is 483 g/mol. The van der Waals surface area contributed by atoms with Crippen LogP contribution in [0.2, 0.25) is 0 Å². The molecule has 0 bridgehead atoms. The van der Waals surface area contributed by atoms with Crippen LogP contribution in [0.25, 0.3) is 16.3 Å². The van der Waals surface area contributed by atoms with Crippen molar-refractivity contribution in [2.45, 2.75) is 27.4 Å². The Morgan fingerprint density at radius 3 is 2.51 bits per heavy atom. The van der Waals surface area contributed by atoms with E-state index in [4.69, 9.17) is 9.47 Å². The zero-order valence-electron chi connectivity index (χ0n) is 20.0. The Morgan fingerprint density at radius 1 is 1.06 bits per heavy atom. The van der Waals surface area contributed by atoms with Crippen LogP contribution in [-0.4, -0.2) is 18.0 Å². The van der Waals surface area contributed by atoms with Gasteiger partial charge in [-0.2, -0.15) is 5.26 Å². The lowest BCUT2D eigenvalue weighted by molar-refractivity contribution is -0.112. The number of nitrogens with one attached hydrogen (secondary N) is 1. The Balaban J connectivity index is 1.50. The van der Waals surface area contributed by atoms with E-state index in [1.807, 2.05) is 63.2 Å². The molecule has 0 saturated carbocycles. The third-order valence-electron chi connectivity index (χ3n) is 5.60. The van der Waals surface area contributed by atoms with Crippen molar-refractivity contribution in [1.82, 2.24) is 4.98 Å². The number of anilines is 1. The number of aryl methyl sites for hydroxylation is 3. The lowest BCUT2D eigenvalue weighted by atomic mass is 10.1. The van der Waals surface area contributed by atoms with Gasteiger partial charge in [0, 0.05) is 0 Å². The van der Waals surface area contributed by atoms with Crippen LogP contribution in [0.3, 0.4) is 0 Å². The number of ether oxygens (including phenoxy) is 2. The summed E-state index contributed by atoms with van der Waals surface area (Å²) in [7, 11) is 1.55. The topological polar surface area (TPSA) is 84.2 Å². The Bertz CT molecular complexity index is 1420. The molecule has 176 valence electrons. The maximum atomic E-state index is 12.8. The number of methoxy groups -OCH3 is 1. The molecule has 4 aromatic rings. The second-order valence-electron chi connectivity index (χ2n) is 8.23. The summed E-state index contributed by atoms with van der Waals surface area (Å²) in [5.41, 5.74) is 5.97. The van der Waals surface area contributed by atoms with Crippen molar-refractivity contribution in [2.24, 2.45) is 0 Å². The number of fused-ring (bicyclic) bond motifs is 1. The minimum absolute atomic E-state index is 0.0352. The highest BCUT2D eigenvalue weighted by atomic mass is 32.1. The lowest BCUT2D eigenvalue weighted by Crippen LogP contribution is -2.13. The van der Waals surface area contributed by atoms with Crippen molar-refractivity contribution in [3.63, 3.8) is 0 Å². The highest BCUT2D eigenvalue weighted by molar-refractivity contribution is 7.22. The number of rotatable bonds is 7. The minimum Gasteiger partial charge on any atom is -0.493 e. The molecule has 1 aromatic heterocycles. The van der Waals surface area contributed by atoms with Gasteiger partial charge in [0.2, 0.25) is 0 Å². The second-order valence-corrected chi connectivity index (χ2v) is 9.26. The molecule has 0 aliphatic rings. The van der Waals surface area contributed by atoms with Gasteiger partial charge < -0.3 is 9.47 Å². The SMILES string of the molecule is COc1cc(/C=C(\C#N)C(=O)Nc2nc3cc(C)c(C)cc3s2)ccc1OCc1ccc(C)cc1. The van der Waals surface area contributed by atoms with Crippen molar-refractivity contribution in [3.8, 4) is 17.6 Å². The Labute approximate surface area is 208 Å². The third-order valence-corrected chi connectivity index (χ3v) is 6.54. The maximum absolute atomic E-state index is 12.8. The summed E-state index contributed by atoms with van der Waals surface area (Å²) in [5.74, 6) is 0.576. The van der Waals surface area contributed by atoms with E-state index in [9.17, 15) is 10.1 Å². The molecule has 1 heterocycles. The number of hydrogen-bond acceptors (Lipinski definition) is 6. The summed E-state index contributed by atoms with van der Waals surface area (Å²) in [6.07, 6.45) is 1.52. The number of nitrogens with zero attached hydrogens (tertiary/aromatic N) is 2. The van der Waals surface area contributed by atoms with Gasteiger partial charge in [-0.15, -0.1) is 0 Å². The van der Waals surface area contributed by atoms with Gasteiger partial charge in [-0.25, -0.2) is 4.98 Å². The zero-order chi connectivity index (χ0) is 24.9. The van der Waals surface area contributed by atoms with Crippen molar-refractivity contribution < 1.29 is 14.3 Å². The van der Waals surface area contributed by atoms with Gasteiger partial charge in [0.05, 0.1) is 17.3 Å². The third kappa shape index (κ3) is 5.68. The van der Waals surface area contributed by atoms with Crippen LogP contribution in [0, 0.1) is 32.1 Å². The first-order valence-corrected chi connectivity index (χ1v) is 11.8. The first kappa shape index (κ1) is 24.0. The molecule has 0 radical (unpaired) electrons. The van der Waals surface area contributed by atoms with Crippen LogP contribution in [0.5, 0.6) is 11.5 Å². The fraction of sp³-hybridized carbons (Fsp3) is 0.179. The van der Waals surface area contributed by atoms with E-state index < -0.39 is 5.91 Å². The molecule has 3 aromatic carbocycles. The highest BCUT2D eigenvalue weighted by Gasteiger charge is 2.14. The Hall–Kier alpha value is -4.15. The van der Waals surface area contributed by atoms with Crippen LogP contribution in [0.1, 0.15) is 27.8 Å². The number of nitriles is 1. The molecular formula is C28H25N3O3S. The summed E-state index contributed by atoms with van der Waals surface area (Å²) in [6.45, 7) is 6.50. The summed E-state index contributed by atoms with van der Waals surface area (Å²) >= 11 is 1.38. The number of aromatic nitrogens is 1. The Morgan fingerprint density at radius 2 is 1.80 bits per heavy atom. The van der Waals surface area contributed by atoms with Gasteiger partial charge in [0.1, 0.15) is 18.2 Å². The first-order valence-electron chi connectivity index (χ1n) is 11.0. The van der Waals surface area contributed by atoms with E-state index in [0.717, 1.165) is 26.9 Å². The Kier molecular flexibility index (Phi) is 7.14. The minimum atomic E-state index is -0.515. The van der Waals surface area contributed by atoms with Gasteiger partial charge in [-0.1, -0.05) is 47.2 Å². The largest absolute Gasteiger partial charge is 0.493 e. The van der Waals surface area contributed by atoms with E-state index in [-0.39, 0.29) is 5.57 Å². The number of thiazole rings is 1. The van der Waals surface area contributed by atoms with Crippen molar-refractivity contribution in [3.05, 3.63) is 88.0 Å². The molecule has 0 fully saturated rings. The van der Waals surface area contributed by atoms with Crippen molar-refractivity contribution >= 4 is 38.7 Å². The summed E-state index contributed by atoms with van der Waals surface area (Å²) in [4.78, 5) is 17.3. The van der Waals surface area contributed by atoms with Gasteiger partial charge in [-0.3, -0.25) is 10.1 Å². The predicted molar refractivity (Wildman–Crippen MR) is 140 cm³/mol. The molecule has 0 unspecified atom stereocenters. The molecule has 35 heavy (non-hydrogen) atoms. The smallest absolute Gasteiger partial charge is 0.268 e. The zero-order valence-corrected chi connectivity index (χ0v) is 20.8. The van der Waals surface area contributed by atoms with Crippen molar-refractivity contribution in [1.29, 1.82) is 5.26 Å². The number of hydrogen-bond donors (Lipinski definition) is 1. The van der Waals surface area contributed by atoms with Gasteiger partial charge in [0.15, 0.2) is 16.6 Å². The molecular weight excluding hydrogens is 458 g/mol. The fourth-order valence-electron chi connectivity index (χ4n) is 3.45. The van der Waals surface area contributed by atoms with E-state index in [2.05, 4.69) is 10.3 Å². The molecule has 4 rings (SSSR count). The van der Waals surface area contributed by atoms with Crippen LogP contribution < -0.4 is 14.8 Å². The highest BCUT2D eigenvalue weighted by Crippen LogP contribution is 2.31. The molecule has 0 spiro atoms. The fourth-order valence-corrected chi connectivity index (χ4v) is 4.39. The quantitative estimate of drug-likeness (QED) is 0.244. The predicted octanol–water partition coefficient (Wildman–Crippen LogP) is 6.35. The first-order chi connectivity index (χ1) is 16.9. The lowest BCUT2D eigenvalue weighted by Gasteiger charge is -2.12. The molecule has 0 aliphatic heterocycles. The van der Waals surface area contributed by atoms with Gasteiger partial charge in [-0.05, 0) is 73.4 Å². The van der Waals surface area contributed by atoms with Gasteiger partial charge in [0.25, 0.3) is 5.91 Å². The number of carbonyl (C=O) groups excluding carboxylic acids is 1. The molecule has 0 aliphatic carbocycles. The molecule has 6 nitrogen and oxygen atoms in total. The average Bonchev–Trinajstić information content (AvgIpc) is 3.23. The summed E-state index contributed by atoms with van der Waals surface area (Å²) < 4.78 is 12.4. The number of carbonyl (C=O) groups is 1. The van der Waals surface area contributed by atoms with Crippen LogP contribution in [0.4, 0.5) is 5.13 Å². The molecule has 7 heteroatoms. The normalized spacial score (nSPS) is 11.2. The standard InChI is InChI=1S/C28H25N3O3S/c1-17-5-7-20(8-6-17)16-34-24-10-9-21(14-25(24)33-4)13-22(15-29)27(32)31-28-30-23-11-18(2)19(3)12-26(23)35-28/h5-14H,16H2,1-4H3,(H,30,31,32)/b22-13+. The van der Waals surface area contributed by atoms with Crippen LogP contribution in [-0.2, 0) is 11.4 Å². The van der Waals surface area contributed by atoms with E-state index >= 15 is 0 Å². The van der Waals surface area contributed by atoms with E-state index in [1.165, 1.54) is 23.0 Å². The molecule has 0 saturated heterocycles. The average molecular weight is 484 g/mol. The number of amides is 1. The van der Waals surface area contributed by atoms with E-state index in [1.54, 1.807) is 25.3 Å². The van der Waals surface area contributed by atoms with Crippen molar-refractivity contribution in [2.75, 3.05) is 12.4 Å². The molecule has 1 amide bonds. The number of benzene rings is 3. The van der Waals surface area contributed by atoms with Crippen LogP contribution in [0.15, 0.2) is 60.2 Å². The maximum Gasteiger partial charge on any atom is 0.268 e. The van der Waals surface area contributed by atoms with E-state index in [0.29, 0.717) is 28.8 Å². The van der Waals surface area contributed by atoms with Gasteiger partial charge >= 0.3 is 0 Å². The summed E-state index contributed by atoms with van der Waals surface area (Å²) in [5, 5.41) is 12.8. The molecule has 0 atom stereocenters. The summed E-state index contributed by atoms with van der Waals surface area (Å²) in [6, 6.07) is 19.4. The second kappa shape index (κ2) is 10.4.